The summed E-state index contributed by atoms with van der Waals surface area (Å²) >= 11 is 0. The van der Waals surface area contributed by atoms with E-state index < -0.39 is 0 Å². The van der Waals surface area contributed by atoms with Crippen molar-refractivity contribution in [3.05, 3.63) is 30.1 Å². The summed E-state index contributed by atoms with van der Waals surface area (Å²) in [5.41, 5.74) is 1.11. The predicted octanol–water partition coefficient (Wildman–Crippen LogP) is 1.02. The monoisotopic (exact) mass is 333 g/mol. The number of nitrogens with zero attached hydrogens (tertiary/aromatic N) is 3. The van der Waals surface area contributed by atoms with Gasteiger partial charge in [-0.1, -0.05) is 6.07 Å². The van der Waals surface area contributed by atoms with Crippen LogP contribution in [0.15, 0.2) is 24.4 Å². The molecule has 6 nitrogen and oxygen atoms in total. The van der Waals surface area contributed by atoms with Crippen LogP contribution in [0.3, 0.4) is 0 Å². The molecular formula is C18H27N3O3. The van der Waals surface area contributed by atoms with E-state index in [0.717, 1.165) is 38.4 Å². The van der Waals surface area contributed by atoms with Crippen LogP contribution in [-0.2, 0) is 20.8 Å². The fourth-order valence-corrected chi connectivity index (χ4v) is 3.55. The number of hydrogen-bond donors (Lipinski definition) is 0. The van der Waals surface area contributed by atoms with Gasteiger partial charge in [0.2, 0.25) is 5.91 Å². The summed E-state index contributed by atoms with van der Waals surface area (Å²) in [6.45, 7) is 4.54. The van der Waals surface area contributed by atoms with Gasteiger partial charge in [0.1, 0.15) is 6.61 Å². The van der Waals surface area contributed by atoms with Crippen LogP contribution in [0.5, 0.6) is 0 Å². The van der Waals surface area contributed by atoms with Gasteiger partial charge >= 0.3 is 0 Å². The average molecular weight is 333 g/mol. The van der Waals surface area contributed by atoms with E-state index in [1.165, 1.54) is 0 Å². The van der Waals surface area contributed by atoms with Crippen LogP contribution >= 0.6 is 0 Å². The van der Waals surface area contributed by atoms with Gasteiger partial charge < -0.3 is 14.4 Å². The van der Waals surface area contributed by atoms with Gasteiger partial charge in [-0.3, -0.25) is 14.7 Å². The summed E-state index contributed by atoms with van der Waals surface area (Å²) in [4.78, 5) is 19.9. The molecule has 3 atom stereocenters. The summed E-state index contributed by atoms with van der Waals surface area (Å²) in [5.74, 6) is 1.11. The normalized spacial score (nSPS) is 26.5. The van der Waals surface area contributed by atoms with Crippen molar-refractivity contribution in [1.29, 1.82) is 0 Å². The number of amides is 1. The number of rotatable bonds is 7. The summed E-state index contributed by atoms with van der Waals surface area (Å²) in [5, 5.41) is 0. The Morgan fingerprint density at radius 2 is 2.29 bits per heavy atom. The molecule has 132 valence electrons. The van der Waals surface area contributed by atoms with Crippen molar-refractivity contribution in [2.75, 3.05) is 47.0 Å². The zero-order valence-corrected chi connectivity index (χ0v) is 14.6. The number of carbonyl (C=O) groups is 1. The van der Waals surface area contributed by atoms with Crippen LogP contribution < -0.4 is 0 Å². The fourth-order valence-electron chi connectivity index (χ4n) is 3.55. The molecule has 0 spiro atoms. The quantitative estimate of drug-likeness (QED) is 0.698. The Hall–Kier alpha value is -1.50. The van der Waals surface area contributed by atoms with Crippen LogP contribution in [0.25, 0.3) is 0 Å². The average Bonchev–Trinajstić information content (AvgIpc) is 3.13. The topological polar surface area (TPSA) is 54.9 Å². The Balaban J connectivity index is 1.41. The first kappa shape index (κ1) is 17.3. The standard InChI is InChI=1S/C18H27N3O3/c1-20(2)18(22)13-23-8-6-14-12-24-17-11-21(10-16(14)17)9-15-5-3-4-7-19-15/h3-5,7,14,16-17H,6,8-13H2,1-2H3/t14-,16-,17-/m0/s1. The largest absolute Gasteiger partial charge is 0.376 e. The van der Waals surface area contributed by atoms with E-state index in [2.05, 4.69) is 16.0 Å². The Bertz CT molecular complexity index is 538. The molecule has 0 radical (unpaired) electrons. The zero-order chi connectivity index (χ0) is 16.9. The maximum Gasteiger partial charge on any atom is 0.248 e. The number of hydrogen-bond acceptors (Lipinski definition) is 5. The third kappa shape index (κ3) is 4.32. The minimum atomic E-state index is 0.0120. The Morgan fingerprint density at radius 3 is 3.04 bits per heavy atom. The number of carbonyl (C=O) groups excluding carboxylic acids is 1. The van der Waals surface area contributed by atoms with E-state index in [0.29, 0.717) is 24.5 Å². The van der Waals surface area contributed by atoms with Crippen LogP contribution in [0.1, 0.15) is 12.1 Å². The zero-order valence-electron chi connectivity index (χ0n) is 14.6. The molecular weight excluding hydrogens is 306 g/mol. The highest BCUT2D eigenvalue weighted by atomic mass is 16.5. The molecule has 2 aliphatic heterocycles. The lowest BCUT2D eigenvalue weighted by molar-refractivity contribution is -0.133. The Morgan fingerprint density at radius 1 is 1.42 bits per heavy atom. The molecule has 3 rings (SSSR count). The van der Waals surface area contributed by atoms with Crippen LogP contribution in [0.4, 0.5) is 0 Å². The summed E-state index contributed by atoms with van der Waals surface area (Å²) in [6.07, 6.45) is 3.14. The number of fused-ring (bicyclic) bond motifs is 1. The molecule has 1 aromatic rings. The minimum Gasteiger partial charge on any atom is -0.376 e. The lowest BCUT2D eigenvalue weighted by atomic mass is 9.91. The van der Waals surface area contributed by atoms with Crippen molar-refractivity contribution in [3.63, 3.8) is 0 Å². The maximum absolute atomic E-state index is 11.5. The number of pyridine rings is 1. The van der Waals surface area contributed by atoms with Crippen molar-refractivity contribution in [2.24, 2.45) is 11.8 Å². The van der Waals surface area contributed by atoms with Gasteiger partial charge in [0.25, 0.3) is 0 Å². The molecule has 24 heavy (non-hydrogen) atoms. The second-order valence-electron chi connectivity index (χ2n) is 6.94. The van der Waals surface area contributed by atoms with E-state index in [1.54, 1.807) is 19.0 Å². The summed E-state index contributed by atoms with van der Waals surface area (Å²) in [7, 11) is 3.49. The minimum absolute atomic E-state index is 0.0120. The third-order valence-electron chi connectivity index (χ3n) is 4.98. The van der Waals surface area contributed by atoms with Crippen molar-refractivity contribution in [3.8, 4) is 0 Å². The third-order valence-corrected chi connectivity index (χ3v) is 4.98. The lowest BCUT2D eigenvalue weighted by Crippen LogP contribution is -2.27. The molecule has 2 fully saturated rings. The van der Waals surface area contributed by atoms with Crippen molar-refractivity contribution < 1.29 is 14.3 Å². The summed E-state index contributed by atoms with van der Waals surface area (Å²) in [6, 6.07) is 6.05. The van der Waals surface area contributed by atoms with E-state index in [-0.39, 0.29) is 12.5 Å². The van der Waals surface area contributed by atoms with Gasteiger partial charge in [0.15, 0.2) is 0 Å². The molecule has 0 aliphatic carbocycles. The molecule has 1 aromatic heterocycles. The van der Waals surface area contributed by atoms with Crippen molar-refractivity contribution in [1.82, 2.24) is 14.8 Å². The van der Waals surface area contributed by atoms with E-state index in [1.807, 2.05) is 18.3 Å². The van der Waals surface area contributed by atoms with Crippen molar-refractivity contribution >= 4 is 5.91 Å². The van der Waals surface area contributed by atoms with Gasteiger partial charge in [-0.15, -0.1) is 0 Å². The number of aromatic nitrogens is 1. The van der Waals surface area contributed by atoms with Crippen LogP contribution in [-0.4, -0.2) is 73.8 Å². The van der Waals surface area contributed by atoms with Gasteiger partial charge in [-0.25, -0.2) is 0 Å². The molecule has 0 aromatic carbocycles. The predicted molar refractivity (Wildman–Crippen MR) is 90.4 cm³/mol. The number of ether oxygens (including phenoxy) is 2. The van der Waals surface area contributed by atoms with Crippen LogP contribution in [0.2, 0.25) is 0 Å². The Labute approximate surface area is 143 Å². The SMILES string of the molecule is CN(C)C(=O)COCC[C@H]1CO[C@H]2CN(Cc3ccccn3)C[C@@H]12. The second kappa shape index (κ2) is 8.05. The van der Waals surface area contributed by atoms with Gasteiger partial charge in [-0.05, 0) is 24.5 Å². The first-order valence-electron chi connectivity index (χ1n) is 8.65. The number of likely N-dealkylation sites (tertiary alicyclic amines) is 1. The molecule has 0 bridgehead atoms. The highest BCUT2D eigenvalue weighted by Crippen LogP contribution is 2.35. The van der Waals surface area contributed by atoms with Crippen molar-refractivity contribution in [2.45, 2.75) is 19.1 Å². The molecule has 0 unspecified atom stereocenters. The fraction of sp³-hybridized carbons (Fsp3) is 0.667. The highest BCUT2D eigenvalue weighted by Gasteiger charge is 2.43. The molecule has 3 heterocycles. The van der Waals surface area contributed by atoms with E-state index >= 15 is 0 Å². The van der Waals surface area contributed by atoms with E-state index in [4.69, 9.17) is 9.47 Å². The molecule has 2 saturated heterocycles. The lowest BCUT2D eigenvalue weighted by Gasteiger charge is -2.19. The second-order valence-corrected chi connectivity index (χ2v) is 6.94. The number of likely N-dealkylation sites (N-methyl/N-ethyl adjacent to an activating group) is 1. The molecule has 1 amide bonds. The smallest absolute Gasteiger partial charge is 0.248 e. The maximum atomic E-state index is 11.5. The molecule has 0 saturated carbocycles. The summed E-state index contributed by atoms with van der Waals surface area (Å²) < 4.78 is 11.5. The molecule has 0 N–H and O–H groups in total. The van der Waals surface area contributed by atoms with Gasteiger partial charge in [0, 0.05) is 52.5 Å². The van der Waals surface area contributed by atoms with Gasteiger partial charge in [0.05, 0.1) is 18.4 Å². The first-order chi connectivity index (χ1) is 11.6. The first-order valence-corrected chi connectivity index (χ1v) is 8.65. The molecule has 6 heteroatoms. The highest BCUT2D eigenvalue weighted by molar-refractivity contribution is 5.76. The van der Waals surface area contributed by atoms with Gasteiger partial charge in [-0.2, -0.15) is 0 Å². The molecule has 2 aliphatic rings. The van der Waals surface area contributed by atoms with Crippen LogP contribution in [0, 0.1) is 11.8 Å². The Kier molecular flexibility index (Phi) is 5.81. The van der Waals surface area contributed by atoms with E-state index in [9.17, 15) is 4.79 Å².